The van der Waals surface area contributed by atoms with E-state index in [1.54, 1.807) is 0 Å². The van der Waals surface area contributed by atoms with Gasteiger partial charge in [-0.1, -0.05) is 106 Å². The van der Waals surface area contributed by atoms with Crippen molar-refractivity contribution in [2.75, 3.05) is 0 Å². The molecule has 4 heteroatoms. The van der Waals surface area contributed by atoms with Crippen LogP contribution in [0.2, 0.25) is 0 Å². The fourth-order valence-corrected chi connectivity index (χ4v) is 7.31. The van der Waals surface area contributed by atoms with Crippen LogP contribution in [-0.4, -0.2) is 19.5 Å². The van der Waals surface area contributed by atoms with Gasteiger partial charge >= 0.3 is 0 Å². The minimum atomic E-state index is -0.0234. The highest BCUT2D eigenvalue weighted by atomic mass is 15.1. The third kappa shape index (κ3) is 4.83. The van der Waals surface area contributed by atoms with E-state index >= 15 is 0 Å². The van der Waals surface area contributed by atoms with Crippen LogP contribution in [0.25, 0.3) is 88.5 Å². The summed E-state index contributed by atoms with van der Waals surface area (Å²) in [5, 5.41) is 4.82. The molecule has 1 N–H and O–H groups in total. The lowest BCUT2D eigenvalue weighted by Gasteiger charge is -2.20. The number of benzene rings is 6. The summed E-state index contributed by atoms with van der Waals surface area (Å²) < 4.78 is 2.25. The molecule has 0 saturated heterocycles. The van der Waals surface area contributed by atoms with Gasteiger partial charge in [0.1, 0.15) is 5.82 Å². The monoisotopic (exact) mass is 632 g/mol. The Morgan fingerprint density at radius 3 is 2.20 bits per heavy atom. The van der Waals surface area contributed by atoms with Gasteiger partial charge in [0.05, 0.1) is 22.2 Å². The van der Waals surface area contributed by atoms with Gasteiger partial charge in [0.15, 0.2) is 0 Å². The maximum atomic E-state index is 5.47. The molecule has 0 fully saturated rings. The van der Waals surface area contributed by atoms with Gasteiger partial charge in [-0.25, -0.2) is 4.98 Å². The average molecular weight is 633 g/mol. The van der Waals surface area contributed by atoms with Gasteiger partial charge in [0, 0.05) is 46.2 Å². The highest BCUT2D eigenvalue weighted by molar-refractivity contribution is 6.12. The van der Waals surface area contributed by atoms with Gasteiger partial charge in [-0.05, 0) is 87.0 Å². The number of fused-ring (bicyclic) bond motifs is 5. The van der Waals surface area contributed by atoms with Gasteiger partial charge in [0.2, 0.25) is 0 Å². The summed E-state index contributed by atoms with van der Waals surface area (Å²) in [6.07, 6.45) is 1.92. The molecule has 0 aliphatic carbocycles. The van der Waals surface area contributed by atoms with Crippen LogP contribution < -0.4 is 0 Å². The molecular formula is C45H36N4. The van der Waals surface area contributed by atoms with E-state index in [4.69, 9.17) is 9.97 Å². The van der Waals surface area contributed by atoms with Gasteiger partial charge in [-0.2, -0.15) is 0 Å². The second-order valence-electron chi connectivity index (χ2n) is 14.1. The topological polar surface area (TPSA) is 46.5 Å². The molecule has 236 valence electrons. The molecule has 3 aromatic heterocycles. The summed E-state index contributed by atoms with van der Waals surface area (Å²) in [5.41, 5.74) is 13.3. The van der Waals surface area contributed by atoms with Crippen LogP contribution in [0.1, 0.15) is 26.3 Å². The number of aromatic nitrogens is 4. The lowest BCUT2D eigenvalue weighted by molar-refractivity contribution is 0.591. The van der Waals surface area contributed by atoms with Crippen LogP contribution in [-0.2, 0) is 12.5 Å². The predicted octanol–water partition coefficient (Wildman–Crippen LogP) is 11.7. The zero-order valence-electron chi connectivity index (χ0n) is 28.1. The molecule has 0 bridgehead atoms. The van der Waals surface area contributed by atoms with Crippen molar-refractivity contribution in [1.29, 1.82) is 0 Å². The van der Waals surface area contributed by atoms with Crippen LogP contribution in [0, 0.1) is 0 Å². The van der Waals surface area contributed by atoms with E-state index in [-0.39, 0.29) is 5.41 Å². The third-order valence-corrected chi connectivity index (χ3v) is 9.95. The first-order valence-corrected chi connectivity index (χ1v) is 16.9. The molecule has 0 aliphatic heterocycles. The normalized spacial score (nSPS) is 12.1. The van der Waals surface area contributed by atoms with Crippen molar-refractivity contribution in [2.24, 2.45) is 7.05 Å². The number of H-pyrrole nitrogens is 1. The van der Waals surface area contributed by atoms with E-state index in [9.17, 15) is 0 Å². The Balaban J connectivity index is 1.26. The fraction of sp³-hybridized carbons (Fsp3) is 0.111. The summed E-state index contributed by atoms with van der Waals surface area (Å²) in [7, 11) is 2.14. The molecule has 49 heavy (non-hydrogen) atoms. The summed E-state index contributed by atoms with van der Waals surface area (Å²) in [5.74, 6) is 0.948. The van der Waals surface area contributed by atoms with Gasteiger partial charge in [-0.15, -0.1) is 0 Å². The lowest BCUT2D eigenvalue weighted by Crippen LogP contribution is -2.11. The number of hydrogen-bond acceptors (Lipinski definition) is 2. The number of rotatable bonds is 4. The molecule has 0 unspecified atom stereocenters. The van der Waals surface area contributed by atoms with Crippen LogP contribution in [0.5, 0.6) is 0 Å². The number of aromatic amines is 1. The molecule has 4 nitrogen and oxygen atoms in total. The van der Waals surface area contributed by atoms with Crippen molar-refractivity contribution in [2.45, 2.75) is 26.2 Å². The number of nitrogens with one attached hydrogen (secondary N) is 1. The SMILES string of the molecule is Cn1c(-c2cc(C(C)(C)C)cc3c2[nH]c2ccccc23)nc2c(-c3cc(-c4cc(-c5ccccc5)ccn4)c4ccccc4c3)cccc21. The molecule has 0 aliphatic rings. The van der Waals surface area contributed by atoms with E-state index in [1.165, 1.54) is 32.7 Å². The van der Waals surface area contributed by atoms with Crippen LogP contribution >= 0.6 is 0 Å². The Hall–Kier alpha value is -6.00. The number of hydrogen-bond donors (Lipinski definition) is 1. The molecule has 6 aromatic carbocycles. The summed E-state index contributed by atoms with van der Waals surface area (Å²) in [4.78, 5) is 14.1. The van der Waals surface area contributed by atoms with Crippen molar-refractivity contribution in [3.63, 3.8) is 0 Å². The minimum Gasteiger partial charge on any atom is -0.354 e. The van der Waals surface area contributed by atoms with Crippen molar-refractivity contribution < 1.29 is 0 Å². The molecule has 0 spiro atoms. The molecule has 3 heterocycles. The number of imidazole rings is 1. The highest BCUT2D eigenvalue weighted by Crippen LogP contribution is 2.41. The maximum Gasteiger partial charge on any atom is 0.143 e. The first-order valence-electron chi connectivity index (χ1n) is 16.9. The molecule has 9 rings (SSSR count). The molecule has 0 amide bonds. The third-order valence-electron chi connectivity index (χ3n) is 9.95. The Kier molecular flexibility index (Phi) is 6.57. The van der Waals surface area contributed by atoms with Crippen LogP contribution in [0.3, 0.4) is 0 Å². The predicted molar refractivity (Wildman–Crippen MR) is 206 cm³/mol. The zero-order chi connectivity index (χ0) is 33.3. The summed E-state index contributed by atoms with van der Waals surface area (Å²) in [6.45, 7) is 6.84. The Morgan fingerprint density at radius 1 is 0.592 bits per heavy atom. The first kappa shape index (κ1) is 29.2. The Bertz CT molecular complexity index is 2700. The van der Waals surface area contributed by atoms with Crippen molar-refractivity contribution in [1.82, 2.24) is 19.5 Å². The van der Waals surface area contributed by atoms with Crippen LogP contribution in [0.15, 0.2) is 140 Å². The molecule has 0 saturated carbocycles. The van der Waals surface area contributed by atoms with Crippen molar-refractivity contribution in [3.05, 3.63) is 145 Å². The van der Waals surface area contributed by atoms with Crippen LogP contribution in [0.4, 0.5) is 0 Å². The van der Waals surface area contributed by atoms with Gasteiger partial charge in [-0.3, -0.25) is 4.98 Å². The Labute approximate surface area is 285 Å². The number of pyridine rings is 1. The zero-order valence-corrected chi connectivity index (χ0v) is 28.1. The molecular weight excluding hydrogens is 597 g/mol. The second-order valence-corrected chi connectivity index (χ2v) is 14.1. The largest absolute Gasteiger partial charge is 0.354 e. The van der Waals surface area contributed by atoms with Gasteiger partial charge < -0.3 is 9.55 Å². The number of para-hydroxylation sites is 2. The maximum absolute atomic E-state index is 5.47. The smallest absolute Gasteiger partial charge is 0.143 e. The van der Waals surface area contributed by atoms with Gasteiger partial charge in [0.25, 0.3) is 0 Å². The molecule has 0 radical (unpaired) electrons. The fourth-order valence-electron chi connectivity index (χ4n) is 7.31. The molecule has 0 atom stereocenters. The average Bonchev–Trinajstić information content (AvgIpc) is 3.68. The highest BCUT2D eigenvalue weighted by Gasteiger charge is 2.23. The molecule has 9 aromatic rings. The number of aryl methyl sites for hydroxylation is 1. The first-order chi connectivity index (χ1) is 23.8. The van der Waals surface area contributed by atoms with E-state index in [0.29, 0.717) is 0 Å². The minimum absolute atomic E-state index is 0.0234. The number of nitrogens with zero attached hydrogens (tertiary/aromatic N) is 3. The lowest BCUT2D eigenvalue weighted by atomic mass is 9.85. The van der Waals surface area contributed by atoms with Crippen molar-refractivity contribution in [3.8, 4) is 44.9 Å². The van der Waals surface area contributed by atoms with E-state index in [0.717, 1.165) is 61.4 Å². The van der Waals surface area contributed by atoms with E-state index in [1.807, 2.05) is 6.20 Å². The van der Waals surface area contributed by atoms with E-state index in [2.05, 4.69) is 171 Å². The second kappa shape index (κ2) is 11.0. The Morgan fingerprint density at radius 2 is 1.37 bits per heavy atom. The summed E-state index contributed by atoms with van der Waals surface area (Å²) in [6, 6.07) is 47.8. The van der Waals surface area contributed by atoms with Crippen molar-refractivity contribution >= 4 is 43.6 Å². The quantitative estimate of drug-likeness (QED) is 0.210. The standard InChI is InChI=1S/C45H36N4/c1-45(2,3)32-26-37-35-17-10-11-19-39(35)47-42(37)38(27-32)44-48-43-34(18-12-20-41(43)49(44)4)31-23-30-15-8-9-16-33(30)36(24-31)40-25-29(21-22-46-40)28-13-6-5-7-14-28/h5-27,47H,1-4H3. The summed E-state index contributed by atoms with van der Waals surface area (Å²) >= 11 is 0. The van der Waals surface area contributed by atoms with E-state index < -0.39 is 0 Å².